The van der Waals surface area contributed by atoms with Gasteiger partial charge in [-0.25, -0.2) is 12.7 Å². The van der Waals surface area contributed by atoms with Crippen molar-refractivity contribution in [2.75, 3.05) is 25.4 Å². The zero-order valence-electron chi connectivity index (χ0n) is 15.6. The average Bonchev–Trinajstić information content (AvgIpc) is 3.17. The lowest BCUT2D eigenvalue weighted by Crippen LogP contribution is -2.38. The highest BCUT2D eigenvalue weighted by atomic mass is 32.2. The van der Waals surface area contributed by atoms with Gasteiger partial charge in [-0.2, -0.15) is 0 Å². The quantitative estimate of drug-likeness (QED) is 0.771. The molecule has 0 radical (unpaired) electrons. The van der Waals surface area contributed by atoms with Crippen LogP contribution in [0.3, 0.4) is 0 Å². The Bertz CT molecular complexity index is 725. The topological polar surface area (TPSA) is 96.6 Å². The zero-order valence-corrected chi connectivity index (χ0v) is 16.4. The summed E-state index contributed by atoms with van der Waals surface area (Å²) < 4.78 is 31.4. The van der Waals surface area contributed by atoms with Crippen LogP contribution in [0.2, 0.25) is 0 Å². The number of carbonyl (C=O) groups is 1. The zero-order chi connectivity index (χ0) is 18.7. The minimum Gasteiger partial charge on any atom is -0.423 e. The van der Waals surface area contributed by atoms with E-state index in [1.54, 1.807) is 11.2 Å². The van der Waals surface area contributed by atoms with Crippen molar-refractivity contribution in [3.8, 4) is 0 Å². The fourth-order valence-electron chi connectivity index (χ4n) is 3.80. The molecule has 9 heteroatoms. The molecule has 0 aromatic carbocycles. The number of likely N-dealkylation sites (tertiary alicyclic amines) is 1. The summed E-state index contributed by atoms with van der Waals surface area (Å²) in [7, 11) is -3.14. The molecule has 0 aliphatic carbocycles. The molecule has 0 N–H and O–H groups in total. The number of rotatable bonds is 5. The van der Waals surface area contributed by atoms with Crippen molar-refractivity contribution in [2.24, 2.45) is 0 Å². The molecular weight excluding hydrogens is 356 g/mol. The summed E-state index contributed by atoms with van der Waals surface area (Å²) in [5.74, 6) is 1.42. The van der Waals surface area contributed by atoms with Crippen LogP contribution >= 0.6 is 0 Å². The molecule has 1 atom stereocenters. The minimum atomic E-state index is -3.14. The third-order valence-electron chi connectivity index (χ3n) is 5.43. The van der Waals surface area contributed by atoms with Crippen molar-refractivity contribution in [1.29, 1.82) is 0 Å². The van der Waals surface area contributed by atoms with E-state index < -0.39 is 10.0 Å². The Labute approximate surface area is 155 Å². The Hall–Kier alpha value is -1.48. The summed E-state index contributed by atoms with van der Waals surface area (Å²) >= 11 is 0. The third-order valence-corrected chi connectivity index (χ3v) is 7.31. The van der Waals surface area contributed by atoms with Gasteiger partial charge in [0.1, 0.15) is 6.04 Å². The standard InChI is InChI=1S/C17H28N4O4S/c1-3-15(22)21-10-6-5-7-14(21)17-19-18-16(25-17)13-8-11-20(12-9-13)26(23,24)4-2/h13-14H,3-12H2,1-2H3/t14-/m0/s1. The van der Waals surface area contributed by atoms with Gasteiger partial charge in [0.2, 0.25) is 27.7 Å². The van der Waals surface area contributed by atoms with E-state index in [0.29, 0.717) is 44.1 Å². The van der Waals surface area contributed by atoms with E-state index >= 15 is 0 Å². The first kappa shape index (κ1) is 19.3. The number of aromatic nitrogens is 2. The maximum atomic E-state index is 12.2. The van der Waals surface area contributed by atoms with Crippen LogP contribution in [0.15, 0.2) is 4.42 Å². The predicted molar refractivity (Wildman–Crippen MR) is 95.9 cm³/mol. The maximum absolute atomic E-state index is 12.2. The Morgan fingerprint density at radius 3 is 2.42 bits per heavy atom. The largest absolute Gasteiger partial charge is 0.423 e. The molecule has 2 saturated heterocycles. The molecule has 2 aliphatic heterocycles. The molecule has 0 bridgehead atoms. The lowest BCUT2D eigenvalue weighted by molar-refractivity contribution is -0.135. The molecule has 1 amide bonds. The molecule has 146 valence electrons. The second-order valence-electron chi connectivity index (χ2n) is 7.00. The van der Waals surface area contributed by atoms with Crippen LogP contribution in [-0.4, -0.2) is 59.1 Å². The van der Waals surface area contributed by atoms with Gasteiger partial charge in [-0.05, 0) is 39.0 Å². The fraction of sp³-hybridized carbons (Fsp3) is 0.824. The molecule has 0 spiro atoms. The van der Waals surface area contributed by atoms with Gasteiger partial charge in [0.15, 0.2) is 0 Å². The van der Waals surface area contributed by atoms with Gasteiger partial charge in [-0.1, -0.05) is 6.92 Å². The van der Waals surface area contributed by atoms with Crippen molar-refractivity contribution in [3.05, 3.63) is 11.8 Å². The lowest BCUT2D eigenvalue weighted by atomic mass is 9.98. The Morgan fingerprint density at radius 1 is 1.08 bits per heavy atom. The average molecular weight is 385 g/mol. The molecule has 3 rings (SSSR count). The molecule has 2 fully saturated rings. The first-order chi connectivity index (χ1) is 12.5. The van der Waals surface area contributed by atoms with Gasteiger partial charge in [-0.15, -0.1) is 10.2 Å². The molecule has 0 saturated carbocycles. The van der Waals surface area contributed by atoms with E-state index in [2.05, 4.69) is 10.2 Å². The van der Waals surface area contributed by atoms with Crippen molar-refractivity contribution in [1.82, 2.24) is 19.4 Å². The normalized spacial score (nSPS) is 23.3. The number of sulfonamides is 1. The van der Waals surface area contributed by atoms with Crippen LogP contribution in [-0.2, 0) is 14.8 Å². The third kappa shape index (κ3) is 3.93. The van der Waals surface area contributed by atoms with E-state index in [4.69, 9.17) is 4.42 Å². The smallest absolute Gasteiger partial charge is 0.238 e. The summed E-state index contributed by atoms with van der Waals surface area (Å²) in [6, 6.07) is -0.127. The Balaban J connectivity index is 1.67. The van der Waals surface area contributed by atoms with Gasteiger partial charge >= 0.3 is 0 Å². The van der Waals surface area contributed by atoms with Crippen LogP contribution in [0, 0.1) is 0 Å². The number of hydrogen-bond donors (Lipinski definition) is 0. The predicted octanol–water partition coefficient (Wildman–Crippen LogP) is 2.06. The highest BCUT2D eigenvalue weighted by Crippen LogP contribution is 2.34. The van der Waals surface area contributed by atoms with Crippen LogP contribution < -0.4 is 0 Å². The van der Waals surface area contributed by atoms with Crippen LogP contribution in [0.5, 0.6) is 0 Å². The molecule has 8 nitrogen and oxygen atoms in total. The summed E-state index contributed by atoms with van der Waals surface area (Å²) in [5, 5.41) is 8.44. The summed E-state index contributed by atoms with van der Waals surface area (Å²) in [5.41, 5.74) is 0. The second kappa shape index (κ2) is 8.04. The second-order valence-corrected chi connectivity index (χ2v) is 9.26. The molecule has 3 heterocycles. The van der Waals surface area contributed by atoms with Gasteiger partial charge in [0.05, 0.1) is 5.75 Å². The summed E-state index contributed by atoms with van der Waals surface area (Å²) in [4.78, 5) is 14.0. The first-order valence-corrected chi connectivity index (χ1v) is 11.2. The van der Waals surface area contributed by atoms with E-state index in [1.165, 1.54) is 0 Å². The van der Waals surface area contributed by atoms with E-state index in [1.807, 2.05) is 11.8 Å². The minimum absolute atomic E-state index is 0.0819. The van der Waals surface area contributed by atoms with Crippen molar-refractivity contribution >= 4 is 15.9 Å². The molecule has 1 aromatic rings. The van der Waals surface area contributed by atoms with Crippen LogP contribution in [0.25, 0.3) is 0 Å². The number of carbonyl (C=O) groups excluding carboxylic acids is 1. The highest BCUT2D eigenvalue weighted by Gasteiger charge is 2.34. The molecule has 26 heavy (non-hydrogen) atoms. The van der Waals surface area contributed by atoms with E-state index in [9.17, 15) is 13.2 Å². The molecule has 0 unspecified atom stereocenters. The number of piperidine rings is 2. The van der Waals surface area contributed by atoms with Gasteiger partial charge in [0.25, 0.3) is 0 Å². The van der Waals surface area contributed by atoms with Crippen LogP contribution in [0.4, 0.5) is 0 Å². The number of hydrogen-bond acceptors (Lipinski definition) is 6. The van der Waals surface area contributed by atoms with Crippen molar-refractivity contribution in [2.45, 2.75) is 64.3 Å². The number of nitrogens with zero attached hydrogens (tertiary/aromatic N) is 4. The Morgan fingerprint density at radius 2 is 1.77 bits per heavy atom. The van der Waals surface area contributed by atoms with Gasteiger partial charge in [-0.3, -0.25) is 4.79 Å². The highest BCUT2D eigenvalue weighted by molar-refractivity contribution is 7.89. The monoisotopic (exact) mass is 384 g/mol. The molecule has 2 aliphatic rings. The summed E-state index contributed by atoms with van der Waals surface area (Å²) in [6.07, 6.45) is 4.74. The Kier molecular flexibility index (Phi) is 5.96. The molecular formula is C17H28N4O4S. The first-order valence-electron chi connectivity index (χ1n) is 9.56. The van der Waals surface area contributed by atoms with Gasteiger partial charge < -0.3 is 9.32 Å². The van der Waals surface area contributed by atoms with Crippen molar-refractivity contribution < 1.29 is 17.6 Å². The number of amides is 1. The fourth-order valence-corrected chi connectivity index (χ4v) is 4.93. The maximum Gasteiger partial charge on any atom is 0.238 e. The van der Waals surface area contributed by atoms with E-state index in [0.717, 1.165) is 25.8 Å². The SMILES string of the molecule is CCC(=O)N1CCCC[C@H]1c1nnc(C2CCN(S(=O)(=O)CC)CC2)o1. The molecule has 1 aromatic heterocycles. The lowest BCUT2D eigenvalue weighted by Gasteiger charge is -2.33. The van der Waals surface area contributed by atoms with Crippen LogP contribution in [0.1, 0.15) is 76.1 Å². The van der Waals surface area contributed by atoms with Crippen molar-refractivity contribution in [3.63, 3.8) is 0 Å². The van der Waals surface area contributed by atoms with Gasteiger partial charge in [0, 0.05) is 32.0 Å². The van der Waals surface area contributed by atoms with E-state index in [-0.39, 0.29) is 23.6 Å². The summed E-state index contributed by atoms with van der Waals surface area (Å²) in [6.45, 7) is 5.25.